The van der Waals surface area contributed by atoms with Gasteiger partial charge in [0, 0.05) is 38.8 Å². The first-order valence-electron chi connectivity index (χ1n) is 8.75. The van der Waals surface area contributed by atoms with Crippen LogP contribution >= 0.6 is 0 Å². The molecule has 0 aliphatic carbocycles. The maximum Gasteiger partial charge on any atom is 0.191 e. The second-order valence-corrected chi connectivity index (χ2v) is 6.29. The number of guanidine groups is 1. The second kappa shape index (κ2) is 9.57. The maximum absolute atomic E-state index is 13.2. The number of halogens is 2. The van der Waals surface area contributed by atoms with E-state index in [9.17, 15) is 8.78 Å². The van der Waals surface area contributed by atoms with E-state index in [1.807, 2.05) is 0 Å². The SMILES string of the molecule is CCCN1CCC(NC(=NC)NCCc2cc(F)cc(F)c2)CC1. The van der Waals surface area contributed by atoms with Crippen LogP contribution in [-0.2, 0) is 6.42 Å². The minimum Gasteiger partial charge on any atom is -0.356 e. The highest BCUT2D eigenvalue weighted by Crippen LogP contribution is 2.11. The van der Waals surface area contributed by atoms with E-state index in [-0.39, 0.29) is 0 Å². The molecule has 4 nitrogen and oxygen atoms in total. The van der Waals surface area contributed by atoms with Crippen LogP contribution in [0.25, 0.3) is 0 Å². The topological polar surface area (TPSA) is 39.7 Å². The molecule has 0 amide bonds. The minimum absolute atomic E-state index is 0.427. The van der Waals surface area contributed by atoms with Gasteiger partial charge < -0.3 is 15.5 Å². The summed E-state index contributed by atoms with van der Waals surface area (Å²) in [6.07, 6.45) is 3.96. The summed E-state index contributed by atoms with van der Waals surface area (Å²) >= 11 is 0. The van der Waals surface area contributed by atoms with E-state index < -0.39 is 11.6 Å². The predicted molar refractivity (Wildman–Crippen MR) is 94.3 cm³/mol. The molecule has 1 aliphatic heterocycles. The average molecular weight is 338 g/mol. The van der Waals surface area contributed by atoms with Crippen molar-refractivity contribution in [2.24, 2.45) is 4.99 Å². The van der Waals surface area contributed by atoms with E-state index in [2.05, 4.69) is 27.4 Å². The van der Waals surface area contributed by atoms with Gasteiger partial charge in [0.15, 0.2) is 5.96 Å². The molecule has 6 heteroatoms. The van der Waals surface area contributed by atoms with Crippen LogP contribution in [0, 0.1) is 11.6 Å². The lowest BCUT2D eigenvalue weighted by molar-refractivity contribution is 0.206. The Labute approximate surface area is 143 Å². The van der Waals surface area contributed by atoms with Crippen LogP contribution in [0.1, 0.15) is 31.7 Å². The highest BCUT2D eigenvalue weighted by Gasteiger charge is 2.19. The quantitative estimate of drug-likeness (QED) is 0.619. The molecule has 2 rings (SSSR count). The van der Waals surface area contributed by atoms with Crippen molar-refractivity contribution in [3.05, 3.63) is 35.4 Å². The number of rotatable bonds is 6. The van der Waals surface area contributed by atoms with Crippen molar-refractivity contribution >= 4 is 5.96 Å². The highest BCUT2D eigenvalue weighted by atomic mass is 19.1. The Hall–Kier alpha value is -1.69. The van der Waals surface area contributed by atoms with Crippen LogP contribution < -0.4 is 10.6 Å². The molecule has 0 unspecified atom stereocenters. The van der Waals surface area contributed by atoms with Crippen molar-refractivity contribution < 1.29 is 8.78 Å². The van der Waals surface area contributed by atoms with Crippen LogP contribution in [0.3, 0.4) is 0 Å². The third kappa shape index (κ3) is 6.07. The fraction of sp³-hybridized carbons (Fsp3) is 0.611. The van der Waals surface area contributed by atoms with Gasteiger partial charge in [-0.1, -0.05) is 6.92 Å². The summed E-state index contributed by atoms with van der Waals surface area (Å²) in [5.41, 5.74) is 0.642. The largest absolute Gasteiger partial charge is 0.356 e. The summed E-state index contributed by atoms with van der Waals surface area (Å²) in [7, 11) is 1.74. The standard InChI is InChI=1S/C18H28F2N4/c1-3-8-24-9-5-17(6-10-24)23-18(21-2)22-7-4-14-11-15(19)13-16(20)12-14/h11-13,17H,3-10H2,1-2H3,(H2,21,22,23). The third-order valence-corrected chi connectivity index (χ3v) is 4.32. The van der Waals surface area contributed by atoms with Gasteiger partial charge in [0.05, 0.1) is 0 Å². The Balaban J connectivity index is 1.73. The van der Waals surface area contributed by atoms with Crippen molar-refractivity contribution in [1.82, 2.24) is 15.5 Å². The Bertz CT molecular complexity index is 520. The van der Waals surface area contributed by atoms with E-state index in [1.54, 1.807) is 7.05 Å². The number of aliphatic imine (C=N–C) groups is 1. The van der Waals surface area contributed by atoms with Crippen LogP contribution in [0.5, 0.6) is 0 Å². The van der Waals surface area contributed by atoms with E-state index in [0.29, 0.717) is 24.6 Å². The molecular formula is C18H28F2N4. The summed E-state index contributed by atoms with van der Waals surface area (Å²) in [4.78, 5) is 6.73. The van der Waals surface area contributed by atoms with Gasteiger partial charge >= 0.3 is 0 Å². The Morgan fingerprint density at radius 3 is 2.46 bits per heavy atom. The molecule has 0 bridgehead atoms. The van der Waals surface area contributed by atoms with E-state index in [4.69, 9.17) is 0 Å². The number of hydrogen-bond donors (Lipinski definition) is 2. The van der Waals surface area contributed by atoms with Crippen molar-refractivity contribution in [2.75, 3.05) is 33.2 Å². The summed E-state index contributed by atoms with van der Waals surface area (Å²) in [6.45, 7) is 6.19. The van der Waals surface area contributed by atoms with E-state index >= 15 is 0 Å². The molecule has 2 N–H and O–H groups in total. The van der Waals surface area contributed by atoms with Crippen LogP contribution in [0.4, 0.5) is 8.78 Å². The lowest BCUT2D eigenvalue weighted by Crippen LogP contribution is -2.49. The minimum atomic E-state index is -0.536. The van der Waals surface area contributed by atoms with Crippen LogP contribution in [0.2, 0.25) is 0 Å². The predicted octanol–water partition coefficient (Wildman–Crippen LogP) is 2.55. The van der Waals surface area contributed by atoms with Gasteiger partial charge in [-0.15, -0.1) is 0 Å². The Morgan fingerprint density at radius 1 is 1.21 bits per heavy atom. The van der Waals surface area contributed by atoms with Gasteiger partial charge in [0.2, 0.25) is 0 Å². The molecule has 0 atom stereocenters. The Morgan fingerprint density at radius 2 is 1.88 bits per heavy atom. The third-order valence-electron chi connectivity index (χ3n) is 4.32. The van der Waals surface area contributed by atoms with Crippen molar-refractivity contribution in [3.8, 4) is 0 Å². The fourth-order valence-electron chi connectivity index (χ4n) is 3.09. The molecule has 0 radical (unpaired) electrons. The number of hydrogen-bond acceptors (Lipinski definition) is 2. The monoisotopic (exact) mass is 338 g/mol. The molecule has 0 aromatic heterocycles. The zero-order valence-electron chi connectivity index (χ0n) is 14.6. The van der Waals surface area contributed by atoms with Gasteiger partial charge in [0.25, 0.3) is 0 Å². The number of nitrogens with zero attached hydrogens (tertiary/aromatic N) is 2. The van der Waals surface area contributed by atoms with Crippen molar-refractivity contribution in [3.63, 3.8) is 0 Å². The van der Waals surface area contributed by atoms with Crippen molar-refractivity contribution in [1.29, 1.82) is 0 Å². The summed E-state index contributed by atoms with van der Waals surface area (Å²) < 4.78 is 26.4. The summed E-state index contributed by atoms with van der Waals surface area (Å²) in [5, 5.41) is 6.66. The number of piperidine rings is 1. The normalized spacial score (nSPS) is 17.1. The Kier molecular flexibility index (Phi) is 7.43. The zero-order chi connectivity index (χ0) is 17.4. The summed E-state index contributed by atoms with van der Waals surface area (Å²) in [5.74, 6) is -0.321. The molecular weight excluding hydrogens is 310 g/mol. The van der Waals surface area contributed by atoms with Gasteiger partial charge in [-0.25, -0.2) is 8.78 Å². The number of likely N-dealkylation sites (tertiary alicyclic amines) is 1. The molecule has 1 aromatic rings. The second-order valence-electron chi connectivity index (χ2n) is 6.29. The number of benzene rings is 1. The molecule has 0 spiro atoms. The average Bonchev–Trinajstić information content (AvgIpc) is 2.55. The molecule has 1 heterocycles. The molecule has 1 saturated heterocycles. The van der Waals surface area contributed by atoms with Gasteiger partial charge in [-0.3, -0.25) is 4.99 Å². The smallest absolute Gasteiger partial charge is 0.191 e. The molecule has 24 heavy (non-hydrogen) atoms. The summed E-state index contributed by atoms with van der Waals surface area (Å²) in [6, 6.07) is 4.05. The molecule has 1 aliphatic rings. The van der Waals surface area contributed by atoms with Crippen LogP contribution in [-0.4, -0.2) is 50.1 Å². The van der Waals surface area contributed by atoms with Crippen molar-refractivity contribution in [2.45, 2.75) is 38.6 Å². The first-order chi connectivity index (χ1) is 11.6. The molecule has 1 aromatic carbocycles. The number of nitrogens with one attached hydrogen (secondary N) is 2. The lowest BCUT2D eigenvalue weighted by Gasteiger charge is -2.32. The van der Waals surface area contributed by atoms with Gasteiger partial charge in [-0.05, 0) is 49.9 Å². The van der Waals surface area contributed by atoms with E-state index in [1.165, 1.54) is 25.1 Å². The maximum atomic E-state index is 13.2. The first kappa shape index (κ1) is 18.6. The van der Waals surface area contributed by atoms with Crippen LogP contribution in [0.15, 0.2) is 23.2 Å². The molecule has 134 valence electrons. The first-order valence-corrected chi connectivity index (χ1v) is 8.75. The van der Waals surface area contributed by atoms with E-state index in [0.717, 1.165) is 38.0 Å². The molecule has 1 fully saturated rings. The van der Waals surface area contributed by atoms with Gasteiger partial charge in [-0.2, -0.15) is 0 Å². The molecule has 0 saturated carbocycles. The fourth-order valence-corrected chi connectivity index (χ4v) is 3.09. The zero-order valence-corrected chi connectivity index (χ0v) is 14.6. The lowest BCUT2D eigenvalue weighted by atomic mass is 10.1. The van der Waals surface area contributed by atoms with Gasteiger partial charge in [0.1, 0.15) is 11.6 Å². The highest BCUT2D eigenvalue weighted by molar-refractivity contribution is 5.79.